The number of hydrogen-bond donors (Lipinski definition) is 4. The third kappa shape index (κ3) is 14.4. The predicted molar refractivity (Wildman–Crippen MR) is 287 cm³/mol. The Morgan fingerprint density at radius 1 is 0.750 bits per heavy atom. The Hall–Kier alpha value is -7.86. The molecule has 0 bridgehead atoms. The number of amidine groups is 1. The van der Waals surface area contributed by atoms with Gasteiger partial charge in [-0.05, 0) is 41.5 Å². The van der Waals surface area contributed by atoms with E-state index in [-0.39, 0.29) is 34.9 Å². The molecule has 7 aromatic heterocycles. The van der Waals surface area contributed by atoms with Gasteiger partial charge in [-0.15, -0.1) is 0 Å². The molecule has 2 radical (unpaired) electrons. The molecule has 7 aromatic rings. The van der Waals surface area contributed by atoms with Crippen LogP contribution in [0.15, 0.2) is 91.2 Å². The molecule has 1 aliphatic heterocycles. The molecule has 0 fully saturated rings. The molecule has 25 nitrogen and oxygen atoms in total. The Kier molecular flexibility index (Phi) is 19.6. The fourth-order valence-corrected chi connectivity index (χ4v) is 6.48. The minimum atomic E-state index is -0.267. The first-order chi connectivity index (χ1) is 35.2. The number of anilines is 2. The van der Waals surface area contributed by atoms with Crippen LogP contribution in [0.4, 0.5) is 11.8 Å². The van der Waals surface area contributed by atoms with E-state index >= 15 is 0 Å². The van der Waals surface area contributed by atoms with E-state index in [9.17, 15) is 14.4 Å². The van der Waals surface area contributed by atoms with Crippen molar-refractivity contribution in [3.05, 3.63) is 99.3 Å². The number of fused-ring (bicyclic) bond motifs is 3. The fourth-order valence-electron chi connectivity index (χ4n) is 6.48. The summed E-state index contributed by atoms with van der Waals surface area (Å²) in [4.78, 5) is 83.6. The van der Waals surface area contributed by atoms with Crippen molar-refractivity contribution in [2.75, 3.05) is 24.7 Å². The molecule has 4 N–H and O–H groups in total. The molecule has 72 heavy (non-hydrogen) atoms. The topological polar surface area (TPSA) is 280 Å². The second-order valence-electron chi connectivity index (χ2n) is 17.0. The number of nitrogens with zero attached hydrogens (tertiary/aromatic N) is 17. The Bertz CT molecular complexity index is 3290. The minimum absolute atomic E-state index is 0.0873. The van der Waals surface area contributed by atoms with Crippen LogP contribution in [0.2, 0.25) is 0 Å². The van der Waals surface area contributed by atoms with Gasteiger partial charge < -0.3 is 19.8 Å². The molecule has 0 saturated carbocycles. The summed E-state index contributed by atoms with van der Waals surface area (Å²) in [6.07, 6.45) is 12.0. The molecule has 0 aromatic carbocycles. The summed E-state index contributed by atoms with van der Waals surface area (Å²) in [5.41, 5.74) is 3.25. The monoisotopic (exact) mass is 984 g/mol. The van der Waals surface area contributed by atoms with Crippen LogP contribution in [0.1, 0.15) is 99.2 Å². The predicted octanol–water partition coefficient (Wildman–Crippen LogP) is 3.33. The number of aliphatic imine (C=N–C) groups is 1. The van der Waals surface area contributed by atoms with E-state index in [4.69, 9.17) is 7.33 Å². The van der Waals surface area contributed by atoms with Crippen LogP contribution in [0.3, 0.4) is 0 Å². The second-order valence-corrected chi connectivity index (χ2v) is 17.0. The Morgan fingerprint density at radius 3 is 1.92 bits per heavy atom. The van der Waals surface area contributed by atoms with Gasteiger partial charge in [-0.2, -0.15) is 4.98 Å². The molecule has 0 saturated heterocycles. The number of H-pyrrole nitrogens is 1. The zero-order chi connectivity index (χ0) is 54.8. The zero-order valence-corrected chi connectivity index (χ0v) is 43.3. The summed E-state index contributed by atoms with van der Waals surface area (Å²) in [7, 11) is 9.42. The molecule has 0 unspecified atom stereocenters. The van der Waals surface area contributed by atoms with E-state index in [2.05, 4.69) is 123 Å². The van der Waals surface area contributed by atoms with E-state index in [1.165, 1.54) is 31.1 Å². The van der Waals surface area contributed by atoms with Gasteiger partial charge in [0.1, 0.15) is 11.8 Å². The van der Waals surface area contributed by atoms with Crippen LogP contribution in [-0.2, 0) is 7.05 Å². The van der Waals surface area contributed by atoms with E-state index in [1.54, 1.807) is 39.3 Å². The zero-order valence-electron chi connectivity index (χ0n) is 45.3. The third-order valence-corrected chi connectivity index (χ3v) is 10.2. The molecule has 0 spiro atoms. The van der Waals surface area contributed by atoms with Gasteiger partial charge in [0.25, 0.3) is 11.1 Å². The summed E-state index contributed by atoms with van der Waals surface area (Å²) >= 11 is 0. The number of rotatable bonds is 12. The van der Waals surface area contributed by atoms with Crippen molar-refractivity contribution >= 4 is 81.5 Å². The Morgan fingerprint density at radius 2 is 1.35 bits per heavy atom. The van der Waals surface area contributed by atoms with Gasteiger partial charge in [0.15, 0.2) is 22.6 Å². The van der Waals surface area contributed by atoms with Crippen molar-refractivity contribution in [1.29, 1.82) is 2.67 Å². The van der Waals surface area contributed by atoms with Gasteiger partial charge in [-0.1, -0.05) is 0 Å². The van der Waals surface area contributed by atoms with Crippen molar-refractivity contribution in [2.24, 2.45) is 21.7 Å². The Labute approximate surface area is 423 Å². The van der Waals surface area contributed by atoms with E-state index in [0.717, 1.165) is 50.4 Å². The van der Waals surface area contributed by atoms with Gasteiger partial charge in [-0.25, -0.2) is 24.7 Å². The summed E-state index contributed by atoms with van der Waals surface area (Å²) in [6, 6.07) is 2.67. The van der Waals surface area contributed by atoms with Gasteiger partial charge >= 0.3 is 194 Å². The average molecular weight is 983 g/mol. The van der Waals surface area contributed by atoms with Crippen LogP contribution in [0.25, 0.3) is 33.5 Å². The van der Waals surface area contributed by atoms with Crippen molar-refractivity contribution < 1.29 is 4.65 Å². The number of aromatic nitrogens is 14. The van der Waals surface area contributed by atoms with Crippen LogP contribution < -0.4 is 37.3 Å². The molecule has 8 heterocycles. The normalized spacial score (nSPS) is 12.3. The Balaban J connectivity index is 0.000000201. The van der Waals surface area contributed by atoms with E-state index < -0.39 is 0 Å². The van der Waals surface area contributed by atoms with Crippen molar-refractivity contribution in [3.63, 3.8) is 0 Å². The van der Waals surface area contributed by atoms with Gasteiger partial charge in [0, 0.05) is 51.5 Å². The number of hydrogen-bond acceptors (Lipinski definition) is 18. The molecular formula is C43H63B4N21O4. The number of nitrogens with one attached hydrogen (secondary N) is 4. The number of aryl methyl sites for hydroxylation is 1. The summed E-state index contributed by atoms with van der Waals surface area (Å²) in [5, 5.41) is 8.65. The molecule has 29 heteroatoms. The van der Waals surface area contributed by atoms with Gasteiger partial charge in [-0.3, -0.25) is 23.7 Å². The van der Waals surface area contributed by atoms with E-state index in [0.29, 0.717) is 58.1 Å². The summed E-state index contributed by atoms with van der Waals surface area (Å²) in [5.74, 6) is 3.54. The quantitative estimate of drug-likeness (QED) is 0.128. The average Bonchev–Trinajstić information content (AvgIpc) is 4.12. The van der Waals surface area contributed by atoms with Crippen LogP contribution in [0, 0.1) is 6.92 Å². The van der Waals surface area contributed by atoms with Crippen LogP contribution in [0.5, 0.6) is 5.88 Å². The second kappa shape index (κ2) is 26.4. The van der Waals surface area contributed by atoms with Crippen LogP contribution >= 0.6 is 0 Å². The molecule has 8 rings (SSSR count). The molecule has 0 amide bonds. The number of aromatic amines is 1. The maximum absolute atomic E-state index is 11.6. The van der Waals surface area contributed by atoms with Crippen molar-refractivity contribution in [2.45, 2.75) is 106 Å². The maximum atomic E-state index is 11.6. The summed E-state index contributed by atoms with van der Waals surface area (Å²) in [6.45, 7) is 25.9. The van der Waals surface area contributed by atoms with Gasteiger partial charge in [0.2, 0.25) is 5.95 Å². The van der Waals surface area contributed by atoms with Crippen LogP contribution in [-0.4, -0.2) is 132 Å². The SMILES string of the molecule is CC(C)n1ccc(=O)n(C)c1=O.CNc1nc2c(ncn2C(C)C)c(=O)[nH]1.CNc1ncnc2c1ncn2C(C)C.[2H][B]N=BNC1=NC(=C)N(C(C)C)C=C1.[2H][B]N=BOc1nc(C)nc2c1ncn2C(C)C. The first-order valence-electron chi connectivity index (χ1n) is 23.9. The first kappa shape index (κ1) is 53.5. The van der Waals surface area contributed by atoms with Crippen molar-refractivity contribution in [3.8, 4) is 5.88 Å². The first-order valence-corrected chi connectivity index (χ1v) is 22.8. The molecular weight excluding hydrogens is 918 g/mol. The third-order valence-electron chi connectivity index (χ3n) is 10.2. The number of imidazole rings is 3. The molecule has 376 valence electrons. The fraction of sp³-hybridized carbons (Fsp3) is 0.442. The standard InChI is InChI=1S/C9H12B2N5O.C9H13N5O.C9H13N5.C8H13B2N4.C8H12N2O2/c1-5(2)16-4-12-7-8(16)13-6(3)14-9(7)17-11-15-10;1-5(2)14-4-11-6-7(14)12-9(10-3)13-8(6)15;1-6(2)14-5-13-7-8(10-3)11-4-12-9(7)14;1-6(2)14-5-4-8(11-7(14)3)12-10-13-9;1-6(2)10-5-4-7(11)9(3)8(10)12/h4-5,10H,1-3H3;4-5H,1-3H3,(H2,10,12,13,15);4-6H,1-3H3,(H,10,11,12);4-6,9H,3H2,1-2H3,(H,11,12);4-6H,1-3H3/i10D;;;9D;. The molecule has 0 atom stereocenters. The molecule has 1 aliphatic rings. The molecule has 0 aliphatic carbocycles. The summed E-state index contributed by atoms with van der Waals surface area (Å²) < 4.78 is 27.2. The van der Waals surface area contributed by atoms with Gasteiger partial charge in [0.05, 0.1) is 12.7 Å². The van der Waals surface area contributed by atoms with E-state index in [1.807, 2.05) is 65.6 Å². The van der Waals surface area contributed by atoms with Crippen molar-refractivity contribution in [1.82, 2.24) is 77.8 Å².